The quantitative estimate of drug-likeness (QED) is 0.602. The molecule has 12 heavy (non-hydrogen) atoms. The molecule has 0 aliphatic carbocycles. The van der Waals surface area contributed by atoms with Crippen molar-refractivity contribution in [3.63, 3.8) is 0 Å². The topological polar surface area (TPSA) is 23.6 Å². The Morgan fingerprint density at radius 3 is 2.17 bits per heavy atom. The minimum absolute atomic E-state index is 0.250. The largest absolute Gasteiger partial charge is 0.301 e. The van der Waals surface area contributed by atoms with E-state index in [1.54, 1.807) is 0 Å². The highest BCUT2D eigenvalue weighted by Crippen LogP contribution is 2.01. The summed E-state index contributed by atoms with van der Waals surface area (Å²) >= 11 is 5.29. The van der Waals surface area contributed by atoms with Crippen molar-refractivity contribution in [3.05, 3.63) is 0 Å². The predicted molar refractivity (Wildman–Crippen MR) is 49.4 cm³/mol. The van der Waals surface area contributed by atoms with Crippen LogP contribution in [-0.4, -0.2) is 54.3 Å². The number of hydrogen-bond acceptors (Lipinski definition) is 3. The summed E-state index contributed by atoms with van der Waals surface area (Å²) in [5.74, 6) is 0. The summed E-state index contributed by atoms with van der Waals surface area (Å²) in [6.45, 7) is 7.70. The van der Waals surface area contributed by atoms with Crippen LogP contribution in [0.4, 0.5) is 0 Å². The summed E-state index contributed by atoms with van der Waals surface area (Å²) in [5, 5.41) is -0.250. The van der Waals surface area contributed by atoms with Gasteiger partial charge in [-0.3, -0.25) is 9.69 Å². The van der Waals surface area contributed by atoms with Gasteiger partial charge in [-0.25, -0.2) is 0 Å². The van der Waals surface area contributed by atoms with E-state index in [0.29, 0.717) is 6.54 Å². The van der Waals surface area contributed by atoms with Gasteiger partial charge in [-0.1, -0.05) is 6.92 Å². The predicted octanol–water partition coefficient (Wildman–Crippen LogP) is 0.389. The number of carbonyl (C=O) groups is 1. The van der Waals surface area contributed by atoms with Crippen molar-refractivity contribution in [1.82, 2.24) is 9.80 Å². The van der Waals surface area contributed by atoms with Crippen LogP contribution in [0.15, 0.2) is 0 Å². The fourth-order valence-electron chi connectivity index (χ4n) is 1.44. The molecular weight excluding hydrogens is 176 g/mol. The lowest BCUT2D eigenvalue weighted by Gasteiger charge is -2.32. The Morgan fingerprint density at radius 2 is 1.75 bits per heavy atom. The van der Waals surface area contributed by atoms with E-state index in [2.05, 4.69) is 16.7 Å². The van der Waals surface area contributed by atoms with Crippen LogP contribution in [0.3, 0.4) is 0 Å². The molecular formula is C8H15ClN2O. The summed E-state index contributed by atoms with van der Waals surface area (Å²) in [5.41, 5.74) is 0. The maximum Gasteiger partial charge on any atom is 0.235 e. The number of piperazine rings is 1. The maximum atomic E-state index is 10.6. The number of rotatable bonds is 3. The molecule has 4 heteroatoms. The van der Waals surface area contributed by atoms with Crippen molar-refractivity contribution < 1.29 is 4.79 Å². The molecule has 0 radical (unpaired) electrons. The Kier molecular flexibility index (Phi) is 3.98. The molecule has 0 atom stereocenters. The first kappa shape index (κ1) is 9.96. The van der Waals surface area contributed by atoms with Gasteiger partial charge in [-0.05, 0) is 18.1 Å². The Morgan fingerprint density at radius 1 is 1.25 bits per heavy atom. The van der Waals surface area contributed by atoms with Crippen LogP contribution in [0, 0.1) is 0 Å². The van der Waals surface area contributed by atoms with E-state index in [4.69, 9.17) is 11.6 Å². The van der Waals surface area contributed by atoms with Crippen molar-refractivity contribution in [2.45, 2.75) is 6.92 Å². The second-order valence-electron chi connectivity index (χ2n) is 3.07. The first-order valence-electron chi connectivity index (χ1n) is 4.35. The number of hydrogen-bond donors (Lipinski definition) is 0. The lowest BCUT2D eigenvalue weighted by Crippen LogP contribution is -2.47. The van der Waals surface area contributed by atoms with E-state index >= 15 is 0 Å². The third kappa shape index (κ3) is 3.09. The summed E-state index contributed by atoms with van der Waals surface area (Å²) in [6, 6.07) is 0. The molecule has 0 N–H and O–H groups in total. The van der Waals surface area contributed by atoms with Gasteiger partial charge in [0.15, 0.2) is 0 Å². The fraction of sp³-hybridized carbons (Fsp3) is 0.875. The molecule has 70 valence electrons. The zero-order chi connectivity index (χ0) is 8.97. The highest BCUT2D eigenvalue weighted by atomic mass is 35.5. The van der Waals surface area contributed by atoms with E-state index in [1.165, 1.54) is 0 Å². The number of halogens is 1. The first-order valence-corrected chi connectivity index (χ1v) is 4.73. The van der Waals surface area contributed by atoms with Gasteiger partial charge in [-0.2, -0.15) is 0 Å². The first-order chi connectivity index (χ1) is 5.72. The van der Waals surface area contributed by atoms with Crippen LogP contribution in [0.1, 0.15) is 6.92 Å². The molecule has 1 aliphatic rings. The smallest absolute Gasteiger partial charge is 0.235 e. The molecule has 0 aromatic rings. The number of likely N-dealkylation sites (N-methyl/N-ethyl adjacent to an activating group) is 1. The van der Waals surface area contributed by atoms with E-state index in [-0.39, 0.29) is 5.24 Å². The highest BCUT2D eigenvalue weighted by Gasteiger charge is 2.16. The minimum atomic E-state index is -0.250. The zero-order valence-corrected chi connectivity index (χ0v) is 8.18. The van der Waals surface area contributed by atoms with Crippen molar-refractivity contribution in [1.29, 1.82) is 0 Å². The van der Waals surface area contributed by atoms with E-state index in [1.807, 2.05) is 0 Å². The SMILES string of the molecule is CCN1CCN(CC(=O)Cl)CC1. The van der Waals surface area contributed by atoms with Gasteiger partial charge in [0.2, 0.25) is 5.24 Å². The molecule has 0 bridgehead atoms. The molecule has 1 saturated heterocycles. The molecule has 0 saturated carbocycles. The van der Waals surface area contributed by atoms with Gasteiger partial charge >= 0.3 is 0 Å². The molecule has 3 nitrogen and oxygen atoms in total. The lowest BCUT2D eigenvalue weighted by molar-refractivity contribution is -0.113. The molecule has 0 aromatic heterocycles. The molecule has 1 fully saturated rings. The fourth-order valence-corrected chi connectivity index (χ4v) is 1.61. The number of carbonyl (C=O) groups excluding carboxylic acids is 1. The second kappa shape index (κ2) is 4.80. The van der Waals surface area contributed by atoms with E-state index < -0.39 is 0 Å². The van der Waals surface area contributed by atoms with Crippen LogP contribution in [0.5, 0.6) is 0 Å². The van der Waals surface area contributed by atoms with Crippen LogP contribution in [-0.2, 0) is 4.79 Å². The number of nitrogens with zero attached hydrogens (tertiary/aromatic N) is 2. The summed E-state index contributed by atoms with van der Waals surface area (Å²) in [7, 11) is 0. The third-order valence-electron chi connectivity index (χ3n) is 2.26. The average Bonchev–Trinajstić information content (AvgIpc) is 2.05. The lowest BCUT2D eigenvalue weighted by atomic mass is 10.3. The second-order valence-corrected chi connectivity index (χ2v) is 3.49. The van der Waals surface area contributed by atoms with Crippen molar-refractivity contribution in [3.8, 4) is 0 Å². The van der Waals surface area contributed by atoms with Gasteiger partial charge in [0.05, 0.1) is 6.54 Å². The standard InChI is InChI=1S/C8H15ClN2O/c1-2-10-3-5-11(6-4-10)7-8(9)12/h2-7H2,1H3. The van der Waals surface area contributed by atoms with Gasteiger partial charge in [0.1, 0.15) is 0 Å². The summed E-state index contributed by atoms with van der Waals surface area (Å²) in [6.07, 6.45) is 0. The molecule has 1 aliphatic heterocycles. The zero-order valence-electron chi connectivity index (χ0n) is 7.42. The molecule has 1 heterocycles. The van der Waals surface area contributed by atoms with Crippen LogP contribution >= 0.6 is 11.6 Å². The third-order valence-corrected chi connectivity index (χ3v) is 2.38. The van der Waals surface area contributed by atoms with Gasteiger partial charge in [0, 0.05) is 26.2 Å². The molecule has 0 spiro atoms. The highest BCUT2D eigenvalue weighted by molar-refractivity contribution is 6.64. The Labute approximate surface area is 78.3 Å². The Bertz CT molecular complexity index is 155. The summed E-state index contributed by atoms with van der Waals surface area (Å²) < 4.78 is 0. The van der Waals surface area contributed by atoms with Gasteiger partial charge < -0.3 is 4.90 Å². The van der Waals surface area contributed by atoms with E-state index in [9.17, 15) is 4.79 Å². The molecule has 1 rings (SSSR count). The average molecular weight is 191 g/mol. The molecule has 0 amide bonds. The molecule has 0 unspecified atom stereocenters. The normalized spacial score (nSPS) is 21.2. The minimum Gasteiger partial charge on any atom is -0.301 e. The van der Waals surface area contributed by atoms with Crippen molar-refractivity contribution in [2.75, 3.05) is 39.3 Å². The van der Waals surface area contributed by atoms with Crippen LogP contribution < -0.4 is 0 Å². The van der Waals surface area contributed by atoms with Crippen molar-refractivity contribution in [2.24, 2.45) is 0 Å². The van der Waals surface area contributed by atoms with Crippen LogP contribution in [0.25, 0.3) is 0 Å². The Hall–Kier alpha value is -0.120. The maximum absolute atomic E-state index is 10.6. The monoisotopic (exact) mass is 190 g/mol. The van der Waals surface area contributed by atoms with Gasteiger partial charge in [-0.15, -0.1) is 0 Å². The van der Waals surface area contributed by atoms with Gasteiger partial charge in [0.25, 0.3) is 0 Å². The Balaban J connectivity index is 2.21. The summed E-state index contributed by atoms with van der Waals surface area (Å²) in [4.78, 5) is 15.0. The van der Waals surface area contributed by atoms with Crippen molar-refractivity contribution >= 4 is 16.8 Å². The van der Waals surface area contributed by atoms with Crippen LogP contribution in [0.2, 0.25) is 0 Å². The molecule has 0 aromatic carbocycles. The van der Waals surface area contributed by atoms with E-state index in [0.717, 1.165) is 32.7 Å².